The lowest BCUT2D eigenvalue weighted by Gasteiger charge is -2.07. The van der Waals surface area contributed by atoms with E-state index in [1.54, 1.807) is 0 Å². The van der Waals surface area contributed by atoms with Gasteiger partial charge in [0.05, 0.1) is 23.2 Å². The van der Waals surface area contributed by atoms with Crippen molar-refractivity contribution < 1.29 is 14.3 Å². The highest BCUT2D eigenvalue weighted by Gasteiger charge is 2.10. The van der Waals surface area contributed by atoms with Crippen molar-refractivity contribution in [3.05, 3.63) is 58.4 Å². The highest BCUT2D eigenvalue weighted by atomic mass is 32.1. The van der Waals surface area contributed by atoms with Gasteiger partial charge >= 0.3 is 0 Å². The van der Waals surface area contributed by atoms with Crippen LogP contribution in [0.1, 0.15) is 44.7 Å². The van der Waals surface area contributed by atoms with Crippen molar-refractivity contribution in [2.45, 2.75) is 46.6 Å². The Balaban J connectivity index is 1.91. The number of benzene rings is 2. The summed E-state index contributed by atoms with van der Waals surface area (Å²) in [4.78, 5) is 29.1. The summed E-state index contributed by atoms with van der Waals surface area (Å²) in [5, 5.41) is 2.80. The minimum absolute atomic E-state index is 0.122. The van der Waals surface area contributed by atoms with Gasteiger partial charge in [-0.2, -0.15) is 4.99 Å². The SMILES string of the molecule is CCOCCn1c(=NC(=O)Cc2ccc(C(C)C)cc2)sc2cc(NC(C)=O)ccc21. The highest BCUT2D eigenvalue weighted by molar-refractivity contribution is 7.16. The largest absolute Gasteiger partial charge is 0.380 e. The second-order valence-corrected chi connectivity index (χ2v) is 8.68. The van der Waals surface area contributed by atoms with Crippen LogP contribution in [0.4, 0.5) is 5.69 Å². The van der Waals surface area contributed by atoms with Crippen LogP contribution < -0.4 is 10.1 Å². The minimum atomic E-state index is -0.184. The molecule has 31 heavy (non-hydrogen) atoms. The number of rotatable bonds is 8. The van der Waals surface area contributed by atoms with Crippen LogP contribution in [0.25, 0.3) is 10.2 Å². The molecule has 2 aromatic carbocycles. The van der Waals surface area contributed by atoms with Crippen molar-refractivity contribution in [2.75, 3.05) is 18.5 Å². The fourth-order valence-electron chi connectivity index (χ4n) is 3.30. The summed E-state index contributed by atoms with van der Waals surface area (Å²) < 4.78 is 8.48. The maximum atomic E-state index is 12.7. The van der Waals surface area contributed by atoms with Crippen LogP contribution in [-0.4, -0.2) is 29.6 Å². The van der Waals surface area contributed by atoms with Crippen LogP contribution in [-0.2, 0) is 27.3 Å². The van der Waals surface area contributed by atoms with E-state index >= 15 is 0 Å². The summed E-state index contributed by atoms with van der Waals surface area (Å²) in [6, 6.07) is 13.8. The van der Waals surface area contributed by atoms with Crippen molar-refractivity contribution in [1.29, 1.82) is 0 Å². The number of ether oxygens (including phenoxy) is 1. The normalized spacial score (nSPS) is 12.0. The van der Waals surface area contributed by atoms with Gasteiger partial charge in [-0.1, -0.05) is 49.4 Å². The topological polar surface area (TPSA) is 72.7 Å². The molecule has 0 saturated carbocycles. The van der Waals surface area contributed by atoms with Crippen LogP contribution in [0.5, 0.6) is 0 Å². The Kier molecular flexibility index (Phi) is 7.76. The van der Waals surface area contributed by atoms with Gasteiger partial charge in [-0.05, 0) is 42.2 Å². The molecule has 2 amide bonds. The molecule has 0 unspecified atom stereocenters. The molecule has 7 heteroatoms. The number of nitrogens with zero attached hydrogens (tertiary/aromatic N) is 2. The number of hydrogen-bond donors (Lipinski definition) is 1. The summed E-state index contributed by atoms with van der Waals surface area (Å²) in [5.74, 6) is 0.152. The molecule has 6 nitrogen and oxygen atoms in total. The first kappa shape index (κ1) is 22.9. The average molecular weight is 440 g/mol. The Bertz CT molecular complexity index is 1130. The number of nitrogens with one attached hydrogen (secondary N) is 1. The molecule has 0 aliphatic heterocycles. The van der Waals surface area contributed by atoms with E-state index in [2.05, 4.69) is 36.3 Å². The number of amides is 2. The third-order valence-electron chi connectivity index (χ3n) is 4.89. The third-order valence-corrected chi connectivity index (χ3v) is 5.93. The predicted octanol–water partition coefficient (Wildman–Crippen LogP) is 4.49. The predicted molar refractivity (Wildman–Crippen MR) is 125 cm³/mol. The van der Waals surface area contributed by atoms with Crippen LogP contribution in [0.2, 0.25) is 0 Å². The Labute approximate surface area is 186 Å². The van der Waals surface area contributed by atoms with E-state index in [4.69, 9.17) is 4.74 Å². The number of thiazole rings is 1. The lowest BCUT2D eigenvalue weighted by Crippen LogP contribution is -2.20. The van der Waals surface area contributed by atoms with E-state index in [1.165, 1.54) is 23.8 Å². The average Bonchev–Trinajstić information content (AvgIpc) is 3.04. The van der Waals surface area contributed by atoms with Crippen LogP contribution in [0, 0.1) is 0 Å². The summed E-state index contributed by atoms with van der Waals surface area (Å²) in [7, 11) is 0. The molecule has 0 spiro atoms. The molecule has 0 atom stereocenters. The van der Waals surface area contributed by atoms with Crippen LogP contribution in [0.15, 0.2) is 47.5 Å². The lowest BCUT2D eigenvalue weighted by atomic mass is 10.0. The maximum absolute atomic E-state index is 12.7. The number of hydrogen-bond acceptors (Lipinski definition) is 4. The first-order valence-electron chi connectivity index (χ1n) is 10.5. The Morgan fingerprint density at radius 1 is 1.16 bits per heavy atom. The lowest BCUT2D eigenvalue weighted by molar-refractivity contribution is -0.117. The first-order valence-corrected chi connectivity index (χ1v) is 11.3. The van der Waals surface area contributed by atoms with Crippen LogP contribution >= 0.6 is 11.3 Å². The molecule has 0 bridgehead atoms. The number of anilines is 1. The molecule has 0 aliphatic rings. The second-order valence-electron chi connectivity index (χ2n) is 7.68. The third kappa shape index (κ3) is 6.12. The molecule has 0 aliphatic carbocycles. The van der Waals surface area contributed by atoms with Crippen molar-refractivity contribution in [2.24, 2.45) is 4.99 Å². The molecule has 0 fully saturated rings. The van der Waals surface area contributed by atoms with Gasteiger partial charge in [-0.25, -0.2) is 0 Å². The molecular formula is C24H29N3O3S. The van der Waals surface area contributed by atoms with E-state index in [1.807, 2.05) is 41.8 Å². The molecule has 3 rings (SSSR count). The van der Waals surface area contributed by atoms with E-state index in [-0.39, 0.29) is 18.2 Å². The summed E-state index contributed by atoms with van der Waals surface area (Å²) in [6.45, 7) is 9.50. The number of aromatic nitrogens is 1. The smallest absolute Gasteiger partial charge is 0.252 e. The van der Waals surface area contributed by atoms with Crippen LogP contribution in [0.3, 0.4) is 0 Å². The highest BCUT2D eigenvalue weighted by Crippen LogP contribution is 2.22. The zero-order valence-electron chi connectivity index (χ0n) is 18.5. The van der Waals surface area contributed by atoms with E-state index < -0.39 is 0 Å². The standard InChI is InChI=1S/C24H29N3O3S/c1-5-30-13-12-27-21-11-10-20(25-17(4)28)15-22(21)31-24(27)26-23(29)14-18-6-8-19(9-7-18)16(2)3/h6-11,15-16H,5,12-14H2,1-4H3,(H,25,28). The minimum Gasteiger partial charge on any atom is -0.380 e. The van der Waals surface area contributed by atoms with Gasteiger partial charge < -0.3 is 14.6 Å². The molecule has 1 heterocycles. The van der Waals surface area contributed by atoms with Gasteiger partial charge in [0.2, 0.25) is 5.91 Å². The monoisotopic (exact) mass is 439 g/mol. The van der Waals surface area contributed by atoms with Gasteiger partial charge in [0.25, 0.3) is 5.91 Å². The molecule has 0 saturated heterocycles. The number of carbonyl (C=O) groups excluding carboxylic acids is 2. The fraction of sp³-hybridized carbons (Fsp3) is 0.375. The number of fused-ring (bicyclic) bond motifs is 1. The van der Waals surface area contributed by atoms with Crippen molar-refractivity contribution in [3.8, 4) is 0 Å². The Morgan fingerprint density at radius 3 is 2.55 bits per heavy atom. The van der Waals surface area contributed by atoms with E-state index in [0.29, 0.717) is 30.5 Å². The number of carbonyl (C=O) groups is 2. The second kappa shape index (κ2) is 10.5. The molecule has 164 valence electrons. The zero-order chi connectivity index (χ0) is 22.4. The Hall–Kier alpha value is -2.77. The summed E-state index contributed by atoms with van der Waals surface area (Å²) >= 11 is 1.44. The van der Waals surface area contributed by atoms with Crippen molar-refractivity contribution >= 4 is 39.1 Å². The van der Waals surface area contributed by atoms with Crippen molar-refractivity contribution in [3.63, 3.8) is 0 Å². The van der Waals surface area contributed by atoms with E-state index in [0.717, 1.165) is 21.5 Å². The van der Waals surface area contributed by atoms with E-state index in [9.17, 15) is 9.59 Å². The summed E-state index contributed by atoms with van der Waals surface area (Å²) in [6.07, 6.45) is 0.259. The molecular weight excluding hydrogens is 410 g/mol. The van der Waals surface area contributed by atoms with Gasteiger partial charge in [-0.15, -0.1) is 0 Å². The van der Waals surface area contributed by atoms with Gasteiger partial charge in [0, 0.05) is 25.8 Å². The molecule has 0 radical (unpaired) electrons. The Morgan fingerprint density at radius 2 is 1.90 bits per heavy atom. The van der Waals surface area contributed by atoms with Gasteiger partial charge in [0.15, 0.2) is 4.80 Å². The summed E-state index contributed by atoms with van der Waals surface area (Å²) in [5.41, 5.74) is 3.89. The quantitative estimate of drug-likeness (QED) is 0.526. The molecule has 3 aromatic rings. The zero-order valence-corrected chi connectivity index (χ0v) is 19.3. The molecule has 1 N–H and O–H groups in total. The van der Waals surface area contributed by atoms with Gasteiger partial charge in [0.1, 0.15) is 0 Å². The van der Waals surface area contributed by atoms with Gasteiger partial charge in [-0.3, -0.25) is 9.59 Å². The first-order chi connectivity index (χ1) is 14.9. The maximum Gasteiger partial charge on any atom is 0.252 e. The fourth-order valence-corrected chi connectivity index (χ4v) is 4.41. The molecule has 1 aromatic heterocycles. The van der Waals surface area contributed by atoms with Crippen molar-refractivity contribution in [1.82, 2.24) is 4.57 Å².